The molecule has 0 spiro atoms. The van der Waals surface area contributed by atoms with E-state index in [2.05, 4.69) is 73.0 Å². The van der Waals surface area contributed by atoms with Crippen LogP contribution in [0.3, 0.4) is 0 Å². The normalized spacial score (nSPS) is 18.7. The molecule has 3 nitrogen and oxygen atoms in total. The van der Waals surface area contributed by atoms with Crippen LogP contribution in [0.25, 0.3) is 0 Å². The molecule has 1 fully saturated rings. The molecule has 0 aliphatic carbocycles. The van der Waals surface area contributed by atoms with Crippen LogP contribution >= 0.6 is 0 Å². The topological polar surface area (TPSA) is 15.7 Å². The Labute approximate surface area is 189 Å². The maximum absolute atomic E-state index is 6.14. The van der Waals surface area contributed by atoms with Crippen molar-refractivity contribution in [3.8, 4) is 5.75 Å². The van der Waals surface area contributed by atoms with Crippen LogP contribution in [0.1, 0.15) is 61.3 Å². The maximum atomic E-state index is 6.14. The molecule has 2 aliphatic heterocycles. The summed E-state index contributed by atoms with van der Waals surface area (Å²) >= 11 is 0. The van der Waals surface area contributed by atoms with E-state index < -0.39 is 0 Å². The zero-order chi connectivity index (χ0) is 21.6. The van der Waals surface area contributed by atoms with Crippen LogP contribution in [-0.2, 0) is 12.8 Å². The predicted octanol–water partition coefficient (Wildman–Crippen LogP) is 5.45. The molecule has 0 atom stereocenters. The lowest BCUT2D eigenvalue weighted by molar-refractivity contribution is 0.192. The largest absolute Gasteiger partial charge is 0.494 e. The van der Waals surface area contributed by atoms with Gasteiger partial charge in [0.15, 0.2) is 0 Å². The van der Waals surface area contributed by atoms with E-state index in [0.717, 1.165) is 50.6 Å². The summed E-state index contributed by atoms with van der Waals surface area (Å²) < 4.78 is 6.14. The van der Waals surface area contributed by atoms with E-state index in [-0.39, 0.29) is 0 Å². The first-order valence-corrected chi connectivity index (χ1v) is 12.4. The van der Waals surface area contributed by atoms with Gasteiger partial charge in [0.2, 0.25) is 0 Å². The fourth-order valence-corrected chi connectivity index (χ4v) is 5.32. The third-order valence-corrected chi connectivity index (χ3v) is 7.35. The van der Waals surface area contributed by atoms with Crippen molar-refractivity contribution in [3.63, 3.8) is 0 Å². The van der Waals surface area contributed by atoms with Gasteiger partial charge in [-0.3, -0.25) is 0 Å². The summed E-state index contributed by atoms with van der Waals surface area (Å²) in [6.07, 6.45) is 5.97. The summed E-state index contributed by atoms with van der Waals surface area (Å²) in [7, 11) is 0. The molecule has 2 aliphatic rings. The second-order valence-corrected chi connectivity index (χ2v) is 9.73. The van der Waals surface area contributed by atoms with Gasteiger partial charge in [0, 0.05) is 25.7 Å². The van der Waals surface area contributed by atoms with Crippen molar-refractivity contribution in [1.82, 2.24) is 9.80 Å². The molecule has 0 N–H and O–H groups in total. The minimum atomic E-state index is 0.631. The van der Waals surface area contributed by atoms with Gasteiger partial charge in [-0.05, 0) is 106 Å². The van der Waals surface area contributed by atoms with Gasteiger partial charge in [-0.15, -0.1) is 0 Å². The van der Waals surface area contributed by atoms with Crippen LogP contribution in [0.2, 0.25) is 0 Å². The molecule has 168 valence electrons. The van der Waals surface area contributed by atoms with E-state index in [4.69, 9.17) is 4.74 Å². The Bertz CT molecular complexity index is 839. The average molecular weight is 421 g/mol. The van der Waals surface area contributed by atoms with Crippen LogP contribution in [0, 0.1) is 6.92 Å². The highest BCUT2D eigenvalue weighted by Gasteiger charge is 2.21. The molecule has 2 heterocycles. The molecule has 3 heteroatoms. The predicted molar refractivity (Wildman–Crippen MR) is 130 cm³/mol. The zero-order valence-electron chi connectivity index (χ0n) is 19.8. The van der Waals surface area contributed by atoms with E-state index >= 15 is 0 Å². The fraction of sp³-hybridized carbons (Fsp3) is 0.571. The number of rotatable bonds is 7. The van der Waals surface area contributed by atoms with Crippen LogP contribution in [0.4, 0.5) is 0 Å². The molecule has 1 saturated heterocycles. The Morgan fingerprint density at radius 3 is 2.42 bits per heavy atom. The second-order valence-electron chi connectivity index (χ2n) is 9.73. The molecule has 31 heavy (non-hydrogen) atoms. The highest BCUT2D eigenvalue weighted by molar-refractivity contribution is 5.37. The molecule has 4 rings (SSSR count). The van der Waals surface area contributed by atoms with Crippen LogP contribution in [0.5, 0.6) is 5.75 Å². The smallest absolute Gasteiger partial charge is 0.119 e. The molecule has 0 unspecified atom stereocenters. The first-order chi connectivity index (χ1) is 15.1. The van der Waals surface area contributed by atoms with E-state index in [9.17, 15) is 0 Å². The number of fused-ring (bicyclic) bond motifs is 1. The van der Waals surface area contributed by atoms with E-state index in [0.29, 0.717) is 6.04 Å². The van der Waals surface area contributed by atoms with Gasteiger partial charge in [-0.2, -0.15) is 0 Å². The first-order valence-electron chi connectivity index (χ1n) is 12.4. The Hall–Kier alpha value is -1.84. The minimum Gasteiger partial charge on any atom is -0.494 e. The van der Waals surface area contributed by atoms with Gasteiger partial charge in [-0.25, -0.2) is 0 Å². The third-order valence-electron chi connectivity index (χ3n) is 7.35. The quantitative estimate of drug-likeness (QED) is 0.554. The van der Waals surface area contributed by atoms with E-state index in [1.54, 1.807) is 5.56 Å². The number of aryl methyl sites for hydroxylation is 1. The lowest BCUT2D eigenvalue weighted by atomic mass is 9.87. The molecule has 0 radical (unpaired) electrons. The van der Waals surface area contributed by atoms with Crippen molar-refractivity contribution in [3.05, 3.63) is 64.7 Å². The summed E-state index contributed by atoms with van der Waals surface area (Å²) in [4.78, 5) is 5.21. The van der Waals surface area contributed by atoms with Crippen molar-refractivity contribution >= 4 is 0 Å². The highest BCUT2D eigenvalue weighted by Crippen LogP contribution is 2.30. The van der Waals surface area contributed by atoms with Gasteiger partial charge in [-0.1, -0.05) is 30.3 Å². The SMILES string of the molecule is Cc1ccccc1C1CCN(CCCOc2ccc3c(c2)CCN(C(C)C)CC3)CC1. The summed E-state index contributed by atoms with van der Waals surface area (Å²) in [5.41, 5.74) is 6.00. The van der Waals surface area contributed by atoms with Crippen molar-refractivity contribution in [2.45, 2.75) is 64.8 Å². The summed E-state index contributed by atoms with van der Waals surface area (Å²) in [6.45, 7) is 13.6. The standard InChI is InChI=1S/C28H40N2O/c1-22(2)30-18-13-24-9-10-27(21-26(24)14-19-30)31-20-6-15-29-16-11-25(12-17-29)28-8-5-4-7-23(28)3/h4-5,7-10,21-22,25H,6,11-20H2,1-3H3. The molecule has 2 aromatic rings. The Kier molecular flexibility index (Phi) is 7.68. The highest BCUT2D eigenvalue weighted by atomic mass is 16.5. The third kappa shape index (κ3) is 5.90. The Morgan fingerprint density at radius 2 is 1.68 bits per heavy atom. The number of likely N-dealkylation sites (tertiary alicyclic amines) is 1. The van der Waals surface area contributed by atoms with E-state index in [1.807, 2.05) is 0 Å². The summed E-state index contributed by atoms with van der Waals surface area (Å²) in [5, 5.41) is 0. The Balaban J connectivity index is 1.19. The van der Waals surface area contributed by atoms with Crippen molar-refractivity contribution in [2.24, 2.45) is 0 Å². The fourth-order valence-electron chi connectivity index (χ4n) is 5.32. The van der Waals surface area contributed by atoms with Crippen LogP contribution in [0.15, 0.2) is 42.5 Å². The van der Waals surface area contributed by atoms with Gasteiger partial charge in [0.25, 0.3) is 0 Å². The summed E-state index contributed by atoms with van der Waals surface area (Å²) in [6, 6.07) is 16.3. The second kappa shape index (κ2) is 10.7. The average Bonchev–Trinajstić information content (AvgIpc) is 3.00. The monoisotopic (exact) mass is 420 g/mol. The van der Waals surface area contributed by atoms with Gasteiger partial charge in [0.1, 0.15) is 5.75 Å². The molecule has 0 aromatic heterocycles. The number of benzene rings is 2. The first kappa shape index (κ1) is 22.4. The lowest BCUT2D eigenvalue weighted by Crippen LogP contribution is -2.34. The number of nitrogens with zero attached hydrogens (tertiary/aromatic N) is 2. The number of hydrogen-bond acceptors (Lipinski definition) is 3. The van der Waals surface area contributed by atoms with Crippen molar-refractivity contribution < 1.29 is 4.74 Å². The number of hydrogen-bond donors (Lipinski definition) is 0. The van der Waals surface area contributed by atoms with Gasteiger partial charge < -0.3 is 14.5 Å². The molecule has 2 aromatic carbocycles. The van der Waals surface area contributed by atoms with E-state index in [1.165, 1.54) is 49.2 Å². The molecular formula is C28H40N2O. The number of piperidine rings is 1. The molecular weight excluding hydrogens is 380 g/mol. The number of ether oxygens (including phenoxy) is 1. The lowest BCUT2D eigenvalue weighted by Gasteiger charge is -2.32. The minimum absolute atomic E-state index is 0.631. The van der Waals surface area contributed by atoms with Crippen LogP contribution < -0.4 is 4.74 Å². The van der Waals surface area contributed by atoms with Gasteiger partial charge >= 0.3 is 0 Å². The summed E-state index contributed by atoms with van der Waals surface area (Å²) in [5.74, 6) is 1.79. The van der Waals surface area contributed by atoms with Crippen molar-refractivity contribution in [1.29, 1.82) is 0 Å². The van der Waals surface area contributed by atoms with Crippen molar-refractivity contribution in [2.75, 3.05) is 39.3 Å². The molecule has 0 bridgehead atoms. The maximum Gasteiger partial charge on any atom is 0.119 e. The van der Waals surface area contributed by atoms with Crippen LogP contribution in [-0.4, -0.2) is 55.2 Å². The zero-order valence-corrected chi connectivity index (χ0v) is 19.8. The molecule has 0 saturated carbocycles. The molecule has 0 amide bonds. The Morgan fingerprint density at radius 1 is 0.935 bits per heavy atom. The van der Waals surface area contributed by atoms with Gasteiger partial charge in [0.05, 0.1) is 6.61 Å².